The molecule has 0 aliphatic heterocycles. The van der Waals surface area contributed by atoms with Crippen molar-refractivity contribution in [2.45, 2.75) is 92.9 Å². The van der Waals surface area contributed by atoms with Crippen LogP contribution in [0.5, 0.6) is 0 Å². The minimum Gasteiger partial charge on any atom is -0.481 e. The van der Waals surface area contributed by atoms with Crippen molar-refractivity contribution in [3.63, 3.8) is 0 Å². The summed E-state index contributed by atoms with van der Waals surface area (Å²) in [4.78, 5) is 21.0. The first-order chi connectivity index (χ1) is 10.5. The molecular weight excluding hydrogens is 292 g/mol. The number of aliphatic carboxylic acids is 2. The Morgan fingerprint density at radius 3 is 1.87 bits per heavy atom. The predicted octanol–water partition coefficient (Wildman–Crippen LogP) is 5.60. The summed E-state index contributed by atoms with van der Waals surface area (Å²) in [5.41, 5.74) is 0.245. The third-order valence-corrected chi connectivity index (χ3v) is 3.63. The molecular formula is C19H38O4. The summed E-state index contributed by atoms with van der Waals surface area (Å²) in [7, 11) is 0. The molecule has 0 saturated heterocycles. The highest BCUT2D eigenvalue weighted by Crippen LogP contribution is 2.25. The van der Waals surface area contributed by atoms with Crippen molar-refractivity contribution in [3.8, 4) is 0 Å². The van der Waals surface area contributed by atoms with E-state index in [-0.39, 0.29) is 23.7 Å². The van der Waals surface area contributed by atoms with Gasteiger partial charge in [0.15, 0.2) is 0 Å². The maximum Gasteiger partial charge on any atom is 0.306 e. The molecule has 0 amide bonds. The van der Waals surface area contributed by atoms with Crippen LogP contribution in [-0.2, 0) is 9.59 Å². The molecule has 138 valence electrons. The number of rotatable bonds is 10. The van der Waals surface area contributed by atoms with Gasteiger partial charge in [-0.25, -0.2) is 0 Å². The molecule has 0 aliphatic rings. The first-order valence-corrected chi connectivity index (χ1v) is 8.98. The van der Waals surface area contributed by atoms with E-state index >= 15 is 0 Å². The van der Waals surface area contributed by atoms with Gasteiger partial charge >= 0.3 is 11.9 Å². The van der Waals surface area contributed by atoms with Gasteiger partial charge in [0, 0.05) is 6.42 Å². The lowest BCUT2D eigenvalue weighted by Crippen LogP contribution is -2.13. The molecule has 2 N–H and O–H groups in total. The van der Waals surface area contributed by atoms with Gasteiger partial charge in [0.2, 0.25) is 0 Å². The van der Waals surface area contributed by atoms with Crippen LogP contribution in [0.1, 0.15) is 92.9 Å². The van der Waals surface area contributed by atoms with E-state index in [9.17, 15) is 9.59 Å². The molecule has 0 aromatic carbocycles. The van der Waals surface area contributed by atoms with E-state index in [1.54, 1.807) is 0 Å². The number of carboxylic acid groups (broad SMARTS) is 2. The first kappa shape index (κ1) is 24.2. The maximum absolute atomic E-state index is 10.7. The summed E-state index contributed by atoms with van der Waals surface area (Å²) in [5, 5.41) is 17.3. The Balaban J connectivity index is 0. The second-order valence-electron chi connectivity index (χ2n) is 7.79. The van der Waals surface area contributed by atoms with Gasteiger partial charge in [-0.3, -0.25) is 9.59 Å². The number of unbranched alkanes of at least 4 members (excludes halogenated alkanes) is 2. The average molecular weight is 331 g/mol. The maximum atomic E-state index is 10.7. The second-order valence-corrected chi connectivity index (χ2v) is 7.79. The van der Waals surface area contributed by atoms with Gasteiger partial charge in [0.1, 0.15) is 0 Å². The molecule has 0 spiro atoms. The summed E-state index contributed by atoms with van der Waals surface area (Å²) >= 11 is 0. The van der Waals surface area contributed by atoms with E-state index in [4.69, 9.17) is 10.2 Å². The zero-order chi connectivity index (χ0) is 18.5. The molecule has 0 aromatic rings. The second kappa shape index (κ2) is 13.4. The molecule has 4 heteroatoms. The predicted molar refractivity (Wildman–Crippen MR) is 95.7 cm³/mol. The standard InChI is InChI=1S/C10H20O2.C9H18O2/c1-3-5-6-8-9(7-4-2)10(11)12;1-7(5-8(10)11)6-9(2,3)4/h9H,3-8H2,1-2H3,(H,11,12);7H,5-6H2,1-4H3,(H,10,11). The Morgan fingerprint density at radius 2 is 1.52 bits per heavy atom. The molecule has 0 aliphatic carbocycles. The van der Waals surface area contributed by atoms with E-state index < -0.39 is 11.9 Å². The monoisotopic (exact) mass is 330 g/mol. The van der Waals surface area contributed by atoms with Gasteiger partial charge in [0.05, 0.1) is 5.92 Å². The van der Waals surface area contributed by atoms with Crippen molar-refractivity contribution in [2.24, 2.45) is 17.3 Å². The quantitative estimate of drug-likeness (QED) is 0.511. The molecule has 4 nitrogen and oxygen atoms in total. The van der Waals surface area contributed by atoms with Crippen molar-refractivity contribution in [1.29, 1.82) is 0 Å². The topological polar surface area (TPSA) is 74.6 Å². The molecule has 23 heavy (non-hydrogen) atoms. The SMILES string of the molecule is CC(CC(=O)O)CC(C)(C)C.CCCCCC(CCC)C(=O)O. The molecule has 0 aromatic heterocycles. The summed E-state index contributed by atoms with van der Waals surface area (Å²) < 4.78 is 0. The summed E-state index contributed by atoms with van der Waals surface area (Å²) in [5.74, 6) is -1.12. The van der Waals surface area contributed by atoms with Crippen molar-refractivity contribution >= 4 is 11.9 Å². The third-order valence-electron chi connectivity index (χ3n) is 3.63. The van der Waals surface area contributed by atoms with E-state index in [2.05, 4.69) is 27.7 Å². The van der Waals surface area contributed by atoms with Crippen LogP contribution in [0.25, 0.3) is 0 Å². The fourth-order valence-electron chi connectivity index (χ4n) is 2.80. The van der Waals surface area contributed by atoms with E-state index in [0.29, 0.717) is 0 Å². The van der Waals surface area contributed by atoms with E-state index in [1.807, 2.05) is 13.8 Å². The zero-order valence-corrected chi connectivity index (χ0v) is 16.0. The molecule has 2 atom stereocenters. The van der Waals surface area contributed by atoms with Gasteiger partial charge in [0.25, 0.3) is 0 Å². The fourth-order valence-corrected chi connectivity index (χ4v) is 2.80. The van der Waals surface area contributed by atoms with Crippen LogP contribution in [-0.4, -0.2) is 22.2 Å². The number of carboxylic acids is 2. The van der Waals surface area contributed by atoms with Crippen molar-refractivity contribution in [2.75, 3.05) is 0 Å². The van der Waals surface area contributed by atoms with Gasteiger partial charge in [-0.15, -0.1) is 0 Å². The lowest BCUT2D eigenvalue weighted by atomic mass is 9.84. The van der Waals surface area contributed by atoms with Gasteiger partial charge in [-0.2, -0.15) is 0 Å². The molecule has 0 saturated carbocycles. The summed E-state index contributed by atoms with van der Waals surface area (Å²) in [6.07, 6.45) is 7.31. The number of carbonyl (C=O) groups is 2. The highest BCUT2D eigenvalue weighted by molar-refractivity contribution is 5.69. The highest BCUT2D eigenvalue weighted by Gasteiger charge is 2.17. The van der Waals surface area contributed by atoms with E-state index in [0.717, 1.165) is 38.5 Å². The Morgan fingerprint density at radius 1 is 0.957 bits per heavy atom. The zero-order valence-electron chi connectivity index (χ0n) is 16.0. The van der Waals surface area contributed by atoms with Crippen LogP contribution in [0.2, 0.25) is 0 Å². The largest absolute Gasteiger partial charge is 0.481 e. The molecule has 2 unspecified atom stereocenters. The summed E-state index contributed by atoms with van der Waals surface area (Å²) in [6, 6.07) is 0. The molecule has 0 heterocycles. The van der Waals surface area contributed by atoms with Gasteiger partial charge in [-0.05, 0) is 30.6 Å². The van der Waals surface area contributed by atoms with Crippen molar-refractivity contribution in [1.82, 2.24) is 0 Å². The fraction of sp³-hybridized carbons (Fsp3) is 0.895. The minimum atomic E-state index is -0.693. The molecule has 0 radical (unpaired) electrons. The lowest BCUT2D eigenvalue weighted by molar-refractivity contribution is -0.142. The molecule has 0 fully saturated rings. The summed E-state index contributed by atoms with van der Waals surface area (Å²) in [6.45, 7) is 12.5. The Bertz CT molecular complexity index is 318. The smallest absolute Gasteiger partial charge is 0.306 e. The minimum absolute atomic E-state index is 0.0958. The van der Waals surface area contributed by atoms with Crippen molar-refractivity contribution < 1.29 is 19.8 Å². The van der Waals surface area contributed by atoms with Crippen LogP contribution in [0.3, 0.4) is 0 Å². The highest BCUT2D eigenvalue weighted by atomic mass is 16.4. The van der Waals surface area contributed by atoms with Gasteiger partial charge in [-0.1, -0.05) is 67.2 Å². The first-order valence-electron chi connectivity index (χ1n) is 8.98. The number of hydrogen-bond acceptors (Lipinski definition) is 2. The number of hydrogen-bond donors (Lipinski definition) is 2. The Kier molecular flexibility index (Phi) is 14.1. The van der Waals surface area contributed by atoms with E-state index in [1.165, 1.54) is 6.42 Å². The van der Waals surface area contributed by atoms with Crippen molar-refractivity contribution in [3.05, 3.63) is 0 Å². The van der Waals surface area contributed by atoms with Crippen LogP contribution in [0.4, 0.5) is 0 Å². The molecule has 0 bridgehead atoms. The average Bonchev–Trinajstić information content (AvgIpc) is 2.35. The molecule has 0 rings (SSSR count). The van der Waals surface area contributed by atoms with Gasteiger partial charge < -0.3 is 10.2 Å². The van der Waals surface area contributed by atoms with Crippen LogP contribution >= 0.6 is 0 Å². The van der Waals surface area contributed by atoms with Crippen LogP contribution in [0, 0.1) is 17.3 Å². The Labute approximate surface area is 142 Å². The third kappa shape index (κ3) is 18.9. The van der Waals surface area contributed by atoms with Crippen LogP contribution in [0.15, 0.2) is 0 Å². The normalized spacial score (nSPS) is 13.7. The Hall–Kier alpha value is -1.06. The van der Waals surface area contributed by atoms with Crippen LogP contribution < -0.4 is 0 Å². The lowest BCUT2D eigenvalue weighted by Gasteiger charge is -2.21.